The van der Waals surface area contributed by atoms with Gasteiger partial charge in [-0.1, -0.05) is 0 Å². The summed E-state index contributed by atoms with van der Waals surface area (Å²) in [6, 6.07) is 1.70. The zero-order valence-electron chi connectivity index (χ0n) is 15.8. The highest BCUT2D eigenvalue weighted by Crippen LogP contribution is 2.27. The molecule has 27 heavy (non-hydrogen) atoms. The highest BCUT2D eigenvalue weighted by molar-refractivity contribution is 7.89. The Labute approximate surface area is 159 Å². The molecule has 0 bridgehead atoms. The van der Waals surface area contributed by atoms with Crippen LogP contribution in [-0.4, -0.2) is 84.2 Å². The van der Waals surface area contributed by atoms with Crippen LogP contribution in [0, 0.1) is 0 Å². The van der Waals surface area contributed by atoms with E-state index in [4.69, 9.17) is 5.73 Å². The number of primary amides is 1. The van der Waals surface area contributed by atoms with Gasteiger partial charge in [-0.2, -0.15) is 4.31 Å². The van der Waals surface area contributed by atoms with Gasteiger partial charge in [-0.15, -0.1) is 0 Å². The summed E-state index contributed by atoms with van der Waals surface area (Å²) in [5.41, 5.74) is 5.42. The molecule has 3 rings (SSSR count). The molecule has 1 aliphatic heterocycles. The predicted molar refractivity (Wildman–Crippen MR) is 99.5 cm³/mol. The highest BCUT2D eigenvalue weighted by Gasteiger charge is 2.34. The number of nitrogens with zero attached hydrogens (tertiary/aromatic N) is 4. The van der Waals surface area contributed by atoms with Crippen molar-refractivity contribution in [1.29, 1.82) is 0 Å². The summed E-state index contributed by atoms with van der Waals surface area (Å²) >= 11 is 0. The molecule has 2 N–H and O–H groups in total. The number of carbonyl (C=O) groups excluding carboxylic acids is 2. The molecule has 2 heterocycles. The number of likely N-dealkylation sites (N-methyl/N-ethyl adjacent to an activating group) is 1. The van der Waals surface area contributed by atoms with Gasteiger partial charge in [0.15, 0.2) is 0 Å². The zero-order chi connectivity index (χ0) is 19.8. The van der Waals surface area contributed by atoms with Crippen LogP contribution in [0.25, 0.3) is 0 Å². The fraction of sp³-hybridized carbons (Fsp3) is 0.647. The van der Waals surface area contributed by atoms with E-state index in [1.807, 2.05) is 16.7 Å². The zero-order valence-corrected chi connectivity index (χ0v) is 16.6. The minimum Gasteiger partial charge on any atom is -0.364 e. The second kappa shape index (κ2) is 7.61. The van der Waals surface area contributed by atoms with Gasteiger partial charge in [0.1, 0.15) is 10.6 Å². The van der Waals surface area contributed by atoms with E-state index in [1.54, 1.807) is 7.05 Å². The molecule has 2 aliphatic rings. The predicted octanol–water partition coefficient (Wildman–Crippen LogP) is -0.559. The molecule has 1 aromatic heterocycles. The Morgan fingerprint density at radius 3 is 2.33 bits per heavy atom. The maximum Gasteiger partial charge on any atom is 0.265 e. The molecule has 1 saturated heterocycles. The van der Waals surface area contributed by atoms with E-state index >= 15 is 0 Å². The summed E-state index contributed by atoms with van der Waals surface area (Å²) in [6.07, 6.45) is 3.56. The number of aryl methyl sites for hydroxylation is 1. The Morgan fingerprint density at radius 2 is 1.85 bits per heavy atom. The minimum absolute atomic E-state index is 0.0641. The lowest BCUT2D eigenvalue weighted by atomic mass is 10.3. The fourth-order valence-electron chi connectivity index (χ4n) is 3.50. The first kappa shape index (κ1) is 19.8. The quantitative estimate of drug-likeness (QED) is 0.663. The van der Waals surface area contributed by atoms with Gasteiger partial charge in [0.2, 0.25) is 15.9 Å². The lowest BCUT2D eigenvalue weighted by Crippen LogP contribution is -2.51. The van der Waals surface area contributed by atoms with Gasteiger partial charge in [-0.25, -0.2) is 8.42 Å². The van der Waals surface area contributed by atoms with Crippen molar-refractivity contribution in [3.63, 3.8) is 0 Å². The first-order chi connectivity index (χ1) is 12.7. The summed E-state index contributed by atoms with van der Waals surface area (Å²) in [4.78, 5) is 27.8. The van der Waals surface area contributed by atoms with E-state index < -0.39 is 15.9 Å². The van der Waals surface area contributed by atoms with E-state index in [0.29, 0.717) is 45.3 Å². The van der Waals surface area contributed by atoms with Crippen LogP contribution in [0.3, 0.4) is 0 Å². The van der Waals surface area contributed by atoms with Crippen molar-refractivity contribution >= 4 is 21.8 Å². The van der Waals surface area contributed by atoms with Crippen LogP contribution < -0.4 is 5.73 Å². The van der Waals surface area contributed by atoms with Gasteiger partial charge in [-0.3, -0.25) is 14.5 Å². The number of hydrogen-bond donors (Lipinski definition) is 1. The lowest BCUT2D eigenvalue weighted by Gasteiger charge is -2.34. The molecule has 0 aromatic carbocycles. The van der Waals surface area contributed by atoms with E-state index in [0.717, 1.165) is 12.8 Å². The summed E-state index contributed by atoms with van der Waals surface area (Å²) in [5, 5.41) is 0. The fourth-order valence-corrected chi connectivity index (χ4v) is 5.00. The largest absolute Gasteiger partial charge is 0.364 e. The van der Waals surface area contributed by atoms with Crippen molar-refractivity contribution in [2.24, 2.45) is 12.8 Å². The molecule has 2 amide bonds. The standard InChI is InChI=1S/C17H27N5O4S/c1-3-22(13-4-5-13)16(23)12-20-6-8-21(9-7-20)27(25,26)14-10-15(17(18)24)19(2)11-14/h10-11,13H,3-9,12H2,1-2H3,(H2,18,24). The van der Waals surface area contributed by atoms with Gasteiger partial charge < -0.3 is 15.2 Å². The van der Waals surface area contributed by atoms with E-state index in [-0.39, 0.29) is 16.5 Å². The maximum absolute atomic E-state index is 12.8. The van der Waals surface area contributed by atoms with E-state index in [1.165, 1.54) is 21.1 Å². The topological polar surface area (TPSA) is 109 Å². The normalized spacial score (nSPS) is 19.2. The van der Waals surface area contributed by atoms with E-state index in [9.17, 15) is 18.0 Å². The Morgan fingerprint density at radius 1 is 1.22 bits per heavy atom. The number of hydrogen-bond acceptors (Lipinski definition) is 5. The average Bonchev–Trinajstić information content (AvgIpc) is 3.36. The number of nitrogens with two attached hydrogens (primary N) is 1. The van der Waals surface area contributed by atoms with Crippen LogP contribution >= 0.6 is 0 Å². The van der Waals surface area contributed by atoms with Crippen molar-refractivity contribution in [3.8, 4) is 0 Å². The Hall–Kier alpha value is -1.91. The lowest BCUT2D eigenvalue weighted by molar-refractivity contribution is -0.133. The molecule has 1 saturated carbocycles. The number of piperazine rings is 1. The number of amides is 2. The van der Waals surface area contributed by atoms with Crippen molar-refractivity contribution in [2.75, 3.05) is 39.3 Å². The van der Waals surface area contributed by atoms with Crippen molar-refractivity contribution < 1.29 is 18.0 Å². The summed E-state index contributed by atoms with van der Waals surface area (Å²) in [7, 11) is -2.11. The maximum atomic E-state index is 12.8. The molecule has 0 spiro atoms. The van der Waals surface area contributed by atoms with Crippen molar-refractivity contribution in [1.82, 2.24) is 18.7 Å². The first-order valence-corrected chi connectivity index (χ1v) is 10.7. The molecule has 0 unspecified atom stereocenters. The average molecular weight is 398 g/mol. The number of aromatic nitrogens is 1. The van der Waals surface area contributed by atoms with Crippen molar-refractivity contribution in [3.05, 3.63) is 18.0 Å². The SMILES string of the molecule is CCN(C(=O)CN1CCN(S(=O)(=O)c2cc(C(N)=O)n(C)c2)CC1)C1CC1. The number of carbonyl (C=O) groups is 2. The van der Waals surface area contributed by atoms with Gasteiger partial charge in [-0.05, 0) is 25.8 Å². The molecule has 1 aromatic rings. The molecule has 150 valence electrons. The van der Waals surface area contributed by atoms with Crippen LogP contribution in [-0.2, 0) is 21.9 Å². The Kier molecular flexibility index (Phi) is 5.59. The van der Waals surface area contributed by atoms with Crippen LogP contribution in [0.5, 0.6) is 0 Å². The molecule has 10 heteroatoms. The molecule has 1 aliphatic carbocycles. The van der Waals surface area contributed by atoms with Crippen LogP contribution in [0.15, 0.2) is 17.2 Å². The second-order valence-corrected chi connectivity index (χ2v) is 9.07. The van der Waals surface area contributed by atoms with Gasteiger partial charge in [0, 0.05) is 52.0 Å². The Bertz CT molecular complexity index is 822. The first-order valence-electron chi connectivity index (χ1n) is 9.22. The van der Waals surface area contributed by atoms with Crippen molar-refractivity contribution in [2.45, 2.75) is 30.7 Å². The molecule has 0 atom stereocenters. The van der Waals surface area contributed by atoms with Crippen LogP contribution in [0.2, 0.25) is 0 Å². The van der Waals surface area contributed by atoms with Gasteiger partial charge >= 0.3 is 0 Å². The third kappa shape index (κ3) is 4.17. The molecule has 2 fully saturated rings. The summed E-state index contributed by atoms with van der Waals surface area (Å²) < 4.78 is 28.5. The minimum atomic E-state index is -3.69. The van der Waals surface area contributed by atoms with Crippen LogP contribution in [0.4, 0.5) is 0 Å². The number of sulfonamides is 1. The molecular formula is C17H27N5O4S. The molecule has 9 nitrogen and oxygen atoms in total. The third-order valence-corrected chi connectivity index (χ3v) is 7.07. The van der Waals surface area contributed by atoms with Gasteiger partial charge in [0.05, 0.1) is 6.54 Å². The highest BCUT2D eigenvalue weighted by atomic mass is 32.2. The second-order valence-electron chi connectivity index (χ2n) is 7.13. The third-order valence-electron chi connectivity index (χ3n) is 5.21. The van der Waals surface area contributed by atoms with Crippen LogP contribution in [0.1, 0.15) is 30.3 Å². The van der Waals surface area contributed by atoms with E-state index in [2.05, 4.69) is 0 Å². The molecular weight excluding hydrogens is 370 g/mol. The molecule has 0 radical (unpaired) electrons. The van der Waals surface area contributed by atoms with Gasteiger partial charge in [0.25, 0.3) is 5.91 Å². The monoisotopic (exact) mass is 397 g/mol. The Balaban J connectivity index is 1.60. The summed E-state index contributed by atoms with van der Waals surface area (Å²) in [6.45, 7) is 4.66. The summed E-state index contributed by atoms with van der Waals surface area (Å²) in [5.74, 6) is -0.552. The smallest absolute Gasteiger partial charge is 0.265 e. The number of rotatable bonds is 7.